The molecular formula is C17H19FO. The first kappa shape index (κ1) is 13.6. The number of benzene rings is 2. The maximum atomic E-state index is 14.1. The van der Waals surface area contributed by atoms with E-state index in [1.165, 1.54) is 0 Å². The second-order valence-electron chi connectivity index (χ2n) is 5.08. The molecule has 0 amide bonds. The van der Waals surface area contributed by atoms with Crippen molar-refractivity contribution >= 4 is 0 Å². The molecule has 0 saturated carbocycles. The maximum Gasteiger partial charge on any atom is 0.129 e. The van der Waals surface area contributed by atoms with Crippen LogP contribution in [0.25, 0.3) is 11.1 Å². The van der Waals surface area contributed by atoms with Crippen LogP contribution in [0.1, 0.15) is 30.9 Å². The largest absolute Gasteiger partial charge is 0.497 e. The third-order valence-electron chi connectivity index (χ3n) is 3.31. The van der Waals surface area contributed by atoms with E-state index in [4.69, 9.17) is 4.74 Å². The molecule has 0 N–H and O–H groups in total. The molecule has 0 aliphatic carbocycles. The zero-order valence-corrected chi connectivity index (χ0v) is 11.8. The van der Waals surface area contributed by atoms with Gasteiger partial charge in [-0.2, -0.15) is 0 Å². The lowest BCUT2D eigenvalue weighted by molar-refractivity contribution is 0.415. The Bertz CT molecular complexity index is 588. The molecule has 2 aromatic rings. The molecule has 0 aliphatic rings. The number of hydrogen-bond donors (Lipinski definition) is 0. The molecular weight excluding hydrogens is 239 g/mol. The number of rotatable bonds is 3. The second-order valence-corrected chi connectivity index (χ2v) is 5.08. The minimum Gasteiger partial charge on any atom is -0.497 e. The minimum atomic E-state index is -0.0957. The van der Waals surface area contributed by atoms with Crippen LogP contribution < -0.4 is 4.74 Å². The van der Waals surface area contributed by atoms with Crippen molar-refractivity contribution in [1.29, 1.82) is 0 Å². The summed E-state index contributed by atoms with van der Waals surface area (Å²) in [6.45, 7) is 5.82. The van der Waals surface area contributed by atoms with Crippen molar-refractivity contribution < 1.29 is 9.13 Å². The highest BCUT2D eigenvalue weighted by atomic mass is 19.1. The molecule has 0 bridgehead atoms. The molecule has 0 fully saturated rings. The molecule has 0 unspecified atom stereocenters. The molecule has 0 spiro atoms. The van der Waals surface area contributed by atoms with E-state index in [1.54, 1.807) is 7.11 Å². The van der Waals surface area contributed by atoms with Crippen LogP contribution in [-0.2, 0) is 0 Å². The van der Waals surface area contributed by atoms with Crippen LogP contribution >= 0.6 is 0 Å². The molecule has 2 heteroatoms. The van der Waals surface area contributed by atoms with E-state index in [2.05, 4.69) is 0 Å². The monoisotopic (exact) mass is 258 g/mol. The molecule has 0 radical (unpaired) electrons. The summed E-state index contributed by atoms with van der Waals surface area (Å²) >= 11 is 0. The van der Waals surface area contributed by atoms with E-state index in [0.29, 0.717) is 5.56 Å². The number of hydrogen-bond acceptors (Lipinski definition) is 1. The molecule has 0 atom stereocenters. The van der Waals surface area contributed by atoms with Gasteiger partial charge in [-0.1, -0.05) is 26.0 Å². The van der Waals surface area contributed by atoms with Crippen molar-refractivity contribution in [3.63, 3.8) is 0 Å². The molecule has 2 aromatic carbocycles. The summed E-state index contributed by atoms with van der Waals surface area (Å²) in [7, 11) is 1.65. The number of halogens is 1. The van der Waals surface area contributed by atoms with E-state index in [-0.39, 0.29) is 11.7 Å². The molecule has 0 heterocycles. The Labute approximate surface area is 114 Å². The standard InChI is InChI=1S/C17H19FO/c1-11(2)16-10-14(8-12(3)17(16)18)13-6-5-7-15(9-13)19-4/h5-11H,1-4H3. The maximum absolute atomic E-state index is 14.1. The first-order valence-electron chi connectivity index (χ1n) is 6.47. The Hall–Kier alpha value is -1.83. The summed E-state index contributed by atoms with van der Waals surface area (Å²) in [6, 6.07) is 11.7. The van der Waals surface area contributed by atoms with Crippen LogP contribution in [0.4, 0.5) is 4.39 Å². The predicted molar refractivity (Wildman–Crippen MR) is 77.2 cm³/mol. The molecule has 0 aromatic heterocycles. The van der Waals surface area contributed by atoms with Crippen LogP contribution in [0.15, 0.2) is 36.4 Å². The fourth-order valence-electron chi connectivity index (χ4n) is 2.19. The summed E-state index contributed by atoms with van der Waals surface area (Å²) in [5.41, 5.74) is 3.52. The van der Waals surface area contributed by atoms with Gasteiger partial charge in [0.05, 0.1) is 7.11 Å². The summed E-state index contributed by atoms with van der Waals surface area (Å²) in [5, 5.41) is 0. The zero-order valence-electron chi connectivity index (χ0n) is 11.8. The molecule has 0 saturated heterocycles. The van der Waals surface area contributed by atoms with Crippen molar-refractivity contribution in [2.45, 2.75) is 26.7 Å². The summed E-state index contributed by atoms with van der Waals surface area (Å²) in [4.78, 5) is 0. The van der Waals surface area contributed by atoms with E-state index < -0.39 is 0 Å². The first-order valence-corrected chi connectivity index (χ1v) is 6.47. The Morgan fingerprint density at radius 2 is 1.79 bits per heavy atom. The minimum absolute atomic E-state index is 0.0957. The number of aryl methyl sites for hydroxylation is 1. The van der Waals surface area contributed by atoms with Gasteiger partial charge in [0.15, 0.2) is 0 Å². The second kappa shape index (κ2) is 5.43. The quantitative estimate of drug-likeness (QED) is 0.758. The van der Waals surface area contributed by atoms with Gasteiger partial charge >= 0.3 is 0 Å². The SMILES string of the molecule is COc1cccc(-c2cc(C)c(F)c(C(C)C)c2)c1. The average molecular weight is 258 g/mol. The Balaban J connectivity index is 2.56. The zero-order chi connectivity index (χ0) is 14.0. The van der Waals surface area contributed by atoms with Gasteiger partial charge in [-0.15, -0.1) is 0 Å². The van der Waals surface area contributed by atoms with E-state index in [0.717, 1.165) is 22.4 Å². The molecule has 1 nitrogen and oxygen atoms in total. The van der Waals surface area contributed by atoms with Crippen LogP contribution in [0.3, 0.4) is 0 Å². The third kappa shape index (κ3) is 2.78. The highest BCUT2D eigenvalue weighted by Crippen LogP contribution is 2.30. The number of ether oxygens (including phenoxy) is 1. The van der Waals surface area contributed by atoms with Gasteiger partial charge in [-0.05, 0) is 59.4 Å². The Morgan fingerprint density at radius 3 is 2.42 bits per heavy atom. The van der Waals surface area contributed by atoms with Crippen molar-refractivity contribution in [3.8, 4) is 16.9 Å². The van der Waals surface area contributed by atoms with Gasteiger partial charge in [0.1, 0.15) is 11.6 Å². The van der Waals surface area contributed by atoms with Crippen molar-refractivity contribution in [2.75, 3.05) is 7.11 Å². The normalized spacial score (nSPS) is 10.8. The van der Waals surface area contributed by atoms with Crippen LogP contribution in [0.5, 0.6) is 5.75 Å². The van der Waals surface area contributed by atoms with Crippen LogP contribution in [-0.4, -0.2) is 7.11 Å². The van der Waals surface area contributed by atoms with Crippen LogP contribution in [0.2, 0.25) is 0 Å². The highest BCUT2D eigenvalue weighted by molar-refractivity contribution is 5.67. The van der Waals surface area contributed by atoms with E-state index in [9.17, 15) is 4.39 Å². The number of methoxy groups -OCH3 is 1. The fraction of sp³-hybridized carbons (Fsp3) is 0.294. The van der Waals surface area contributed by atoms with Crippen LogP contribution in [0, 0.1) is 12.7 Å². The van der Waals surface area contributed by atoms with Crippen molar-refractivity contribution in [3.05, 3.63) is 53.3 Å². The smallest absolute Gasteiger partial charge is 0.129 e. The Kier molecular flexibility index (Phi) is 3.89. The molecule has 100 valence electrons. The highest BCUT2D eigenvalue weighted by Gasteiger charge is 2.12. The summed E-state index contributed by atoms with van der Waals surface area (Å²) in [6.07, 6.45) is 0. The van der Waals surface area contributed by atoms with Gasteiger partial charge in [-0.3, -0.25) is 0 Å². The predicted octanol–water partition coefficient (Wildman–Crippen LogP) is 4.93. The fourth-order valence-corrected chi connectivity index (χ4v) is 2.19. The summed E-state index contributed by atoms with van der Waals surface area (Å²) in [5.74, 6) is 0.886. The van der Waals surface area contributed by atoms with E-state index in [1.807, 2.05) is 57.2 Å². The van der Waals surface area contributed by atoms with Crippen molar-refractivity contribution in [1.82, 2.24) is 0 Å². The molecule has 0 aliphatic heterocycles. The van der Waals surface area contributed by atoms with Gasteiger partial charge in [-0.25, -0.2) is 4.39 Å². The lowest BCUT2D eigenvalue weighted by Gasteiger charge is -2.13. The first-order chi connectivity index (χ1) is 9.02. The topological polar surface area (TPSA) is 9.23 Å². The molecule has 19 heavy (non-hydrogen) atoms. The lowest BCUT2D eigenvalue weighted by Crippen LogP contribution is -1.97. The average Bonchev–Trinajstić information content (AvgIpc) is 2.41. The van der Waals surface area contributed by atoms with Gasteiger partial charge < -0.3 is 4.74 Å². The lowest BCUT2D eigenvalue weighted by atomic mass is 9.94. The Morgan fingerprint density at radius 1 is 1.05 bits per heavy atom. The van der Waals surface area contributed by atoms with Gasteiger partial charge in [0.2, 0.25) is 0 Å². The third-order valence-corrected chi connectivity index (χ3v) is 3.31. The van der Waals surface area contributed by atoms with Gasteiger partial charge in [0.25, 0.3) is 0 Å². The van der Waals surface area contributed by atoms with E-state index >= 15 is 0 Å². The molecule has 2 rings (SSSR count). The van der Waals surface area contributed by atoms with Gasteiger partial charge in [0, 0.05) is 0 Å². The van der Waals surface area contributed by atoms with Crippen molar-refractivity contribution in [2.24, 2.45) is 0 Å². The summed E-state index contributed by atoms with van der Waals surface area (Å²) < 4.78 is 19.3.